The standard InChI is InChI=1S/C14H12Cl3NO2S/c1-9(10-5-3-2-4-6-10)18-21(19,20)14-8-12(16)11(15)7-13(14)17/h2-9,18H,1H3/t9-/m1/s1. The van der Waals surface area contributed by atoms with Gasteiger partial charge in [0.15, 0.2) is 0 Å². The highest BCUT2D eigenvalue weighted by molar-refractivity contribution is 7.89. The van der Waals surface area contributed by atoms with E-state index in [0.717, 1.165) is 5.56 Å². The molecule has 0 radical (unpaired) electrons. The van der Waals surface area contributed by atoms with Crippen molar-refractivity contribution in [2.45, 2.75) is 17.9 Å². The molecule has 0 unspecified atom stereocenters. The third-order valence-corrected chi connectivity index (χ3v) is 5.62. The van der Waals surface area contributed by atoms with E-state index < -0.39 is 16.1 Å². The van der Waals surface area contributed by atoms with E-state index >= 15 is 0 Å². The van der Waals surface area contributed by atoms with Gasteiger partial charge in [-0.2, -0.15) is 0 Å². The molecule has 0 aliphatic carbocycles. The van der Waals surface area contributed by atoms with Crippen LogP contribution >= 0.6 is 34.8 Å². The SMILES string of the molecule is C[C@@H](NS(=O)(=O)c1cc(Cl)c(Cl)cc1Cl)c1ccccc1. The molecule has 0 bridgehead atoms. The lowest BCUT2D eigenvalue weighted by molar-refractivity contribution is 0.567. The first-order valence-corrected chi connectivity index (χ1v) is 8.65. The summed E-state index contributed by atoms with van der Waals surface area (Å²) in [6.45, 7) is 1.75. The van der Waals surface area contributed by atoms with E-state index in [9.17, 15) is 8.42 Å². The fourth-order valence-corrected chi connectivity index (χ4v) is 4.05. The van der Waals surface area contributed by atoms with Gasteiger partial charge in [0.25, 0.3) is 0 Å². The van der Waals surface area contributed by atoms with Crippen molar-refractivity contribution in [2.75, 3.05) is 0 Å². The van der Waals surface area contributed by atoms with Gasteiger partial charge in [0, 0.05) is 6.04 Å². The minimum absolute atomic E-state index is 0.0251. The Morgan fingerprint density at radius 3 is 2.14 bits per heavy atom. The van der Waals surface area contributed by atoms with Crippen LogP contribution in [0, 0.1) is 0 Å². The lowest BCUT2D eigenvalue weighted by Gasteiger charge is -2.15. The van der Waals surface area contributed by atoms with Crippen molar-refractivity contribution in [2.24, 2.45) is 0 Å². The highest BCUT2D eigenvalue weighted by Crippen LogP contribution is 2.32. The van der Waals surface area contributed by atoms with E-state index in [-0.39, 0.29) is 20.0 Å². The first-order chi connectivity index (χ1) is 9.81. The Hall–Kier alpha value is -0.780. The van der Waals surface area contributed by atoms with E-state index in [2.05, 4.69) is 4.72 Å². The summed E-state index contributed by atoms with van der Waals surface area (Å²) in [7, 11) is -3.80. The maximum atomic E-state index is 12.4. The van der Waals surface area contributed by atoms with Crippen molar-refractivity contribution < 1.29 is 8.42 Å². The fraction of sp³-hybridized carbons (Fsp3) is 0.143. The molecular weight excluding hydrogens is 353 g/mol. The molecule has 0 saturated heterocycles. The molecule has 0 amide bonds. The molecule has 0 aliphatic heterocycles. The summed E-state index contributed by atoms with van der Waals surface area (Å²) in [5.41, 5.74) is 0.845. The normalized spacial score (nSPS) is 13.1. The molecule has 3 nitrogen and oxygen atoms in total. The fourth-order valence-electron chi connectivity index (χ4n) is 1.82. The molecule has 2 rings (SSSR count). The Bertz CT molecular complexity index is 748. The zero-order valence-corrected chi connectivity index (χ0v) is 14.1. The van der Waals surface area contributed by atoms with Crippen molar-refractivity contribution in [3.63, 3.8) is 0 Å². The van der Waals surface area contributed by atoms with Gasteiger partial charge >= 0.3 is 0 Å². The van der Waals surface area contributed by atoms with Crippen molar-refractivity contribution in [3.8, 4) is 0 Å². The topological polar surface area (TPSA) is 46.2 Å². The Morgan fingerprint density at radius 2 is 1.52 bits per heavy atom. The van der Waals surface area contributed by atoms with Crippen LogP contribution in [0.4, 0.5) is 0 Å². The summed E-state index contributed by atoms with van der Waals surface area (Å²) in [6.07, 6.45) is 0. The molecule has 7 heteroatoms. The number of rotatable bonds is 4. The van der Waals surface area contributed by atoms with Crippen molar-refractivity contribution in [1.82, 2.24) is 4.72 Å². The molecule has 2 aromatic rings. The average molecular weight is 365 g/mol. The number of benzene rings is 2. The molecule has 0 aromatic heterocycles. The van der Waals surface area contributed by atoms with Gasteiger partial charge in [0.05, 0.1) is 15.1 Å². The van der Waals surface area contributed by atoms with Crippen LogP contribution < -0.4 is 4.72 Å². The molecule has 1 atom stereocenters. The molecule has 0 fully saturated rings. The van der Waals surface area contributed by atoms with Crippen LogP contribution in [0.15, 0.2) is 47.4 Å². The quantitative estimate of drug-likeness (QED) is 0.800. The van der Waals surface area contributed by atoms with Gasteiger partial charge in [0.1, 0.15) is 4.90 Å². The molecule has 112 valence electrons. The minimum atomic E-state index is -3.80. The first kappa shape index (κ1) is 16.6. The Morgan fingerprint density at radius 1 is 0.952 bits per heavy atom. The predicted octanol–water partition coefficient (Wildman–Crippen LogP) is 4.69. The first-order valence-electron chi connectivity index (χ1n) is 6.03. The van der Waals surface area contributed by atoms with E-state index in [1.54, 1.807) is 6.92 Å². The molecule has 0 aliphatic rings. The summed E-state index contributed by atoms with van der Waals surface area (Å²) in [5, 5.41) is 0.364. The summed E-state index contributed by atoms with van der Waals surface area (Å²) < 4.78 is 27.4. The van der Waals surface area contributed by atoms with Crippen LogP contribution in [0.3, 0.4) is 0 Å². The van der Waals surface area contributed by atoms with E-state index in [4.69, 9.17) is 34.8 Å². The Balaban J connectivity index is 2.33. The summed E-state index contributed by atoms with van der Waals surface area (Å²) >= 11 is 17.6. The third-order valence-electron chi connectivity index (χ3n) is 2.90. The Labute approximate surface area is 138 Å². The third kappa shape index (κ3) is 3.90. The second-order valence-corrected chi connectivity index (χ2v) is 7.35. The molecule has 0 heterocycles. The monoisotopic (exact) mass is 363 g/mol. The number of halogens is 3. The lowest BCUT2D eigenvalue weighted by Crippen LogP contribution is -2.27. The molecule has 1 N–H and O–H groups in total. The number of nitrogens with one attached hydrogen (secondary N) is 1. The van der Waals surface area contributed by atoms with Crippen LogP contribution in [0.1, 0.15) is 18.5 Å². The summed E-state index contributed by atoms with van der Waals surface area (Å²) in [4.78, 5) is -0.0960. The van der Waals surface area contributed by atoms with Gasteiger partial charge in [-0.1, -0.05) is 65.1 Å². The molecule has 21 heavy (non-hydrogen) atoms. The van der Waals surface area contributed by atoms with Crippen molar-refractivity contribution in [1.29, 1.82) is 0 Å². The van der Waals surface area contributed by atoms with Crippen LogP contribution in [-0.2, 0) is 10.0 Å². The van der Waals surface area contributed by atoms with Gasteiger partial charge < -0.3 is 0 Å². The van der Waals surface area contributed by atoms with Crippen molar-refractivity contribution >= 4 is 44.8 Å². The molecule has 0 spiro atoms. The van der Waals surface area contributed by atoms with Crippen LogP contribution in [0.2, 0.25) is 15.1 Å². The van der Waals surface area contributed by atoms with Crippen LogP contribution in [0.25, 0.3) is 0 Å². The maximum Gasteiger partial charge on any atom is 0.242 e. The second kappa shape index (κ2) is 6.55. The molecule has 2 aromatic carbocycles. The number of hydrogen-bond acceptors (Lipinski definition) is 2. The van der Waals surface area contributed by atoms with E-state index in [1.165, 1.54) is 12.1 Å². The van der Waals surface area contributed by atoms with Gasteiger partial charge in [0.2, 0.25) is 10.0 Å². The summed E-state index contributed by atoms with van der Waals surface area (Å²) in [6, 6.07) is 11.4. The van der Waals surface area contributed by atoms with Gasteiger partial charge in [-0.15, -0.1) is 0 Å². The van der Waals surface area contributed by atoms with Gasteiger partial charge in [-0.05, 0) is 24.6 Å². The van der Waals surface area contributed by atoms with Crippen molar-refractivity contribution in [3.05, 3.63) is 63.1 Å². The van der Waals surface area contributed by atoms with Gasteiger partial charge in [-0.3, -0.25) is 0 Å². The smallest absolute Gasteiger partial charge is 0.207 e. The largest absolute Gasteiger partial charge is 0.242 e. The van der Waals surface area contributed by atoms with Gasteiger partial charge in [-0.25, -0.2) is 13.1 Å². The average Bonchev–Trinajstić information content (AvgIpc) is 2.43. The predicted molar refractivity (Wildman–Crippen MR) is 86.7 cm³/mol. The minimum Gasteiger partial charge on any atom is -0.207 e. The number of hydrogen-bond donors (Lipinski definition) is 1. The summed E-state index contributed by atoms with van der Waals surface area (Å²) in [5.74, 6) is 0. The highest BCUT2D eigenvalue weighted by Gasteiger charge is 2.22. The maximum absolute atomic E-state index is 12.4. The van der Waals surface area contributed by atoms with E-state index in [1.807, 2.05) is 30.3 Å². The second-order valence-electron chi connectivity index (χ2n) is 4.45. The Kier molecular flexibility index (Phi) is 5.17. The van der Waals surface area contributed by atoms with E-state index in [0.29, 0.717) is 0 Å². The van der Waals surface area contributed by atoms with Crippen LogP contribution in [-0.4, -0.2) is 8.42 Å². The lowest BCUT2D eigenvalue weighted by atomic mass is 10.1. The zero-order valence-electron chi connectivity index (χ0n) is 11.0. The molecular formula is C14H12Cl3NO2S. The number of sulfonamides is 1. The highest BCUT2D eigenvalue weighted by atomic mass is 35.5. The van der Waals surface area contributed by atoms with Crippen LogP contribution in [0.5, 0.6) is 0 Å². The molecule has 0 saturated carbocycles. The zero-order chi connectivity index (χ0) is 15.6.